The van der Waals surface area contributed by atoms with Gasteiger partial charge in [0.2, 0.25) is 5.95 Å². The molecule has 1 aliphatic carbocycles. The quantitative estimate of drug-likeness (QED) is 0.911. The first kappa shape index (κ1) is 16.8. The molecule has 3 unspecified atom stereocenters. The summed E-state index contributed by atoms with van der Waals surface area (Å²) in [7, 11) is 0. The largest absolute Gasteiger partial charge is 0.393 e. The Morgan fingerprint density at radius 1 is 1.04 bits per heavy atom. The van der Waals surface area contributed by atoms with Crippen LogP contribution in [0.1, 0.15) is 61.9 Å². The SMILES string of the molecule is O=C(c1ccnc(N2CCCC2)n1)N1CCCC1C1CCCCC1O. The summed E-state index contributed by atoms with van der Waals surface area (Å²) in [5.41, 5.74) is 0.495. The smallest absolute Gasteiger partial charge is 0.272 e. The van der Waals surface area contributed by atoms with Crippen LogP contribution < -0.4 is 4.90 Å². The second-order valence-corrected chi connectivity index (χ2v) is 7.66. The van der Waals surface area contributed by atoms with E-state index in [9.17, 15) is 9.90 Å². The van der Waals surface area contributed by atoms with Crippen LogP contribution in [0, 0.1) is 5.92 Å². The molecule has 2 saturated heterocycles. The van der Waals surface area contributed by atoms with E-state index in [2.05, 4.69) is 14.9 Å². The van der Waals surface area contributed by atoms with Crippen molar-refractivity contribution < 1.29 is 9.90 Å². The molecule has 4 rings (SSSR count). The molecule has 0 aromatic carbocycles. The first-order valence-electron chi connectivity index (χ1n) is 9.81. The van der Waals surface area contributed by atoms with Crippen molar-refractivity contribution in [2.75, 3.05) is 24.5 Å². The molecule has 136 valence electrons. The molecule has 0 bridgehead atoms. The Kier molecular flexibility index (Phi) is 4.88. The zero-order chi connectivity index (χ0) is 17.2. The van der Waals surface area contributed by atoms with Gasteiger partial charge in [-0.25, -0.2) is 9.97 Å². The second-order valence-electron chi connectivity index (χ2n) is 7.66. The molecule has 3 heterocycles. The van der Waals surface area contributed by atoms with E-state index in [1.54, 1.807) is 12.3 Å². The van der Waals surface area contributed by atoms with Crippen LogP contribution in [0.25, 0.3) is 0 Å². The Labute approximate surface area is 149 Å². The van der Waals surface area contributed by atoms with E-state index in [0.29, 0.717) is 11.6 Å². The number of aliphatic hydroxyl groups excluding tert-OH is 1. The van der Waals surface area contributed by atoms with Gasteiger partial charge in [0.1, 0.15) is 5.69 Å². The topological polar surface area (TPSA) is 69.6 Å². The molecule has 6 heteroatoms. The molecule has 3 atom stereocenters. The van der Waals surface area contributed by atoms with Gasteiger partial charge in [0.05, 0.1) is 6.10 Å². The maximum absolute atomic E-state index is 13.1. The number of carbonyl (C=O) groups is 1. The van der Waals surface area contributed by atoms with Gasteiger partial charge in [0, 0.05) is 37.8 Å². The standard InChI is InChI=1S/C19H28N4O2/c24-17-8-2-1-6-14(17)16-7-5-13-23(16)18(25)15-9-10-20-19(21-15)22-11-3-4-12-22/h9-10,14,16-17,24H,1-8,11-13H2. The van der Waals surface area contributed by atoms with Crippen LogP contribution in [0.15, 0.2) is 12.3 Å². The molecule has 1 amide bonds. The van der Waals surface area contributed by atoms with Gasteiger partial charge in [0.25, 0.3) is 5.91 Å². The molecule has 2 aliphatic heterocycles. The summed E-state index contributed by atoms with van der Waals surface area (Å²) in [5.74, 6) is 0.903. The minimum atomic E-state index is -0.266. The van der Waals surface area contributed by atoms with Crippen molar-refractivity contribution in [2.45, 2.75) is 63.5 Å². The van der Waals surface area contributed by atoms with Crippen molar-refractivity contribution >= 4 is 11.9 Å². The van der Waals surface area contributed by atoms with Crippen molar-refractivity contribution in [3.05, 3.63) is 18.0 Å². The normalized spacial score (nSPS) is 30.0. The highest BCUT2D eigenvalue weighted by Gasteiger charge is 2.39. The summed E-state index contributed by atoms with van der Waals surface area (Å²) in [6.45, 7) is 2.71. The first-order chi connectivity index (χ1) is 12.2. The molecular formula is C19H28N4O2. The lowest BCUT2D eigenvalue weighted by molar-refractivity contribution is 0.0209. The molecule has 6 nitrogen and oxygen atoms in total. The first-order valence-corrected chi connectivity index (χ1v) is 9.81. The van der Waals surface area contributed by atoms with Gasteiger partial charge in [-0.05, 0) is 44.6 Å². The average Bonchev–Trinajstić information content (AvgIpc) is 3.33. The number of hydrogen-bond acceptors (Lipinski definition) is 5. The van der Waals surface area contributed by atoms with E-state index in [1.165, 1.54) is 0 Å². The molecule has 1 aromatic heterocycles. The van der Waals surface area contributed by atoms with E-state index >= 15 is 0 Å². The average molecular weight is 344 g/mol. The fourth-order valence-corrected chi connectivity index (χ4v) is 4.76. The molecule has 0 radical (unpaired) electrons. The Balaban J connectivity index is 1.52. The highest BCUT2D eigenvalue weighted by molar-refractivity contribution is 5.93. The predicted molar refractivity (Wildman–Crippen MR) is 95.5 cm³/mol. The Morgan fingerprint density at radius 2 is 1.84 bits per heavy atom. The zero-order valence-electron chi connectivity index (χ0n) is 14.8. The molecule has 1 aromatic rings. The van der Waals surface area contributed by atoms with Gasteiger partial charge in [-0.15, -0.1) is 0 Å². The highest BCUT2D eigenvalue weighted by Crippen LogP contribution is 2.35. The third-order valence-electron chi connectivity index (χ3n) is 6.09. The van der Waals surface area contributed by atoms with Crippen LogP contribution in [0.3, 0.4) is 0 Å². The van der Waals surface area contributed by atoms with Gasteiger partial charge < -0.3 is 14.9 Å². The number of aromatic nitrogens is 2. The maximum atomic E-state index is 13.1. The second kappa shape index (κ2) is 7.28. The lowest BCUT2D eigenvalue weighted by Crippen LogP contribution is -2.45. The van der Waals surface area contributed by atoms with Crippen LogP contribution in [-0.2, 0) is 0 Å². The molecule has 0 spiro atoms. The lowest BCUT2D eigenvalue weighted by atomic mass is 9.80. The van der Waals surface area contributed by atoms with Crippen LogP contribution >= 0.6 is 0 Å². The zero-order valence-corrected chi connectivity index (χ0v) is 14.8. The summed E-state index contributed by atoms with van der Waals surface area (Å²) >= 11 is 0. The highest BCUT2D eigenvalue weighted by atomic mass is 16.3. The van der Waals surface area contributed by atoms with Gasteiger partial charge in [-0.2, -0.15) is 0 Å². The predicted octanol–water partition coefficient (Wildman–Crippen LogP) is 2.23. The van der Waals surface area contributed by atoms with E-state index in [-0.39, 0.29) is 24.0 Å². The summed E-state index contributed by atoms with van der Waals surface area (Å²) in [4.78, 5) is 26.1. The maximum Gasteiger partial charge on any atom is 0.272 e. The van der Waals surface area contributed by atoms with Crippen molar-refractivity contribution in [1.29, 1.82) is 0 Å². The Morgan fingerprint density at radius 3 is 2.64 bits per heavy atom. The number of anilines is 1. The lowest BCUT2D eigenvalue weighted by Gasteiger charge is -2.37. The van der Waals surface area contributed by atoms with Crippen molar-refractivity contribution in [3.8, 4) is 0 Å². The molecule has 1 N–H and O–H groups in total. The summed E-state index contributed by atoms with van der Waals surface area (Å²) < 4.78 is 0. The number of carbonyl (C=O) groups excluding carboxylic acids is 1. The fourth-order valence-electron chi connectivity index (χ4n) is 4.76. The number of aliphatic hydroxyl groups is 1. The molecule has 25 heavy (non-hydrogen) atoms. The molecule has 3 aliphatic rings. The fraction of sp³-hybridized carbons (Fsp3) is 0.737. The number of likely N-dealkylation sites (tertiary alicyclic amines) is 1. The minimum Gasteiger partial charge on any atom is -0.393 e. The summed E-state index contributed by atoms with van der Waals surface area (Å²) in [6, 6.07) is 1.89. The van der Waals surface area contributed by atoms with Crippen LogP contribution in [0.2, 0.25) is 0 Å². The van der Waals surface area contributed by atoms with Crippen LogP contribution in [0.4, 0.5) is 5.95 Å². The van der Waals surface area contributed by atoms with E-state index < -0.39 is 0 Å². The van der Waals surface area contributed by atoms with Crippen molar-refractivity contribution in [2.24, 2.45) is 5.92 Å². The summed E-state index contributed by atoms with van der Waals surface area (Å²) in [6.07, 6.45) is 9.93. The number of amides is 1. The third kappa shape index (κ3) is 3.36. The van der Waals surface area contributed by atoms with Crippen LogP contribution in [-0.4, -0.2) is 57.7 Å². The molecule has 3 fully saturated rings. The number of rotatable bonds is 3. The molecular weight excluding hydrogens is 316 g/mol. The van der Waals surface area contributed by atoms with Crippen LogP contribution in [0.5, 0.6) is 0 Å². The van der Waals surface area contributed by atoms with E-state index in [0.717, 1.165) is 71.0 Å². The van der Waals surface area contributed by atoms with Gasteiger partial charge in [-0.1, -0.05) is 12.8 Å². The number of nitrogens with zero attached hydrogens (tertiary/aromatic N) is 4. The van der Waals surface area contributed by atoms with E-state index in [1.807, 2.05) is 4.90 Å². The minimum absolute atomic E-state index is 0.00289. The van der Waals surface area contributed by atoms with Crippen molar-refractivity contribution in [1.82, 2.24) is 14.9 Å². The van der Waals surface area contributed by atoms with E-state index in [4.69, 9.17) is 0 Å². The summed E-state index contributed by atoms with van der Waals surface area (Å²) in [5, 5.41) is 10.4. The molecule has 1 saturated carbocycles. The number of hydrogen-bond donors (Lipinski definition) is 1. The third-order valence-corrected chi connectivity index (χ3v) is 6.09. The van der Waals surface area contributed by atoms with Gasteiger partial charge >= 0.3 is 0 Å². The van der Waals surface area contributed by atoms with Gasteiger partial charge in [0.15, 0.2) is 0 Å². The monoisotopic (exact) mass is 344 g/mol. The Bertz CT molecular complexity index is 617. The van der Waals surface area contributed by atoms with Gasteiger partial charge in [-0.3, -0.25) is 4.79 Å². The van der Waals surface area contributed by atoms with Crippen molar-refractivity contribution in [3.63, 3.8) is 0 Å². The Hall–Kier alpha value is -1.69.